The van der Waals surface area contributed by atoms with Crippen LogP contribution in [0.25, 0.3) is 11.1 Å². The number of nitrogens with one attached hydrogen (secondary N) is 1. The molecule has 174 valence electrons. The largest absolute Gasteiger partial charge is 0.491 e. The highest BCUT2D eigenvalue weighted by Gasteiger charge is 2.31. The van der Waals surface area contributed by atoms with Gasteiger partial charge in [-0.25, -0.2) is 9.78 Å². The predicted octanol–water partition coefficient (Wildman–Crippen LogP) is 4.64. The van der Waals surface area contributed by atoms with E-state index in [1.807, 2.05) is 33.9 Å². The second-order valence-electron chi connectivity index (χ2n) is 9.27. The molecule has 1 aliphatic carbocycles. The third-order valence-corrected chi connectivity index (χ3v) is 5.75. The molecular weight excluding hydrogens is 406 g/mol. The van der Waals surface area contributed by atoms with Crippen LogP contribution < -0.4 is 14.8 Å². The maximum Gasteiger partial charge on any atom is 0.410 e. The third kappa shape index (κ3) is 6.13. The molecule has 1 aliphatic rings. The summed E-state index contributed by atoms with van der Waals surface area (Å²) in [5.41, 5.74) is 2.79. The monoisotopic (exact) mass is 441 g/mol. The van der Waals surface area contributed by atoms with E-state index in [9.17, 15) is 4.79 Å². The van der Waals surface area contributed by atoms with Gasteiger partial charge < -0.3 is 24.4 Å². The second kappa shape index (κ2) is 10.2. The first-order valence-electron chi connectivity index (χ1n) is 11.1. The first-order valence-corrected chi connectivity index (χ1v) is 11.1. The van der Waals surface area contributed by atoms with Crippen molar-refractivity contribution in [1.29, 1.82) is 0 Å². The highest BCUT2D eigenvalue weighted by molar-refractivity contribution is 5.68. The van der Waals surface area contributed by atoms with Crippen LogP contribution in [-0.4, -0.2) is 54.9 Å². The number of carbonyl (C=O) groups is 1. The Morgan fingerprint density at radius 2 is 1.84 bits per heavy atom. The smallest absolute Gasteiger partial charge is 0.410 e. The molecule has 0 radical (unpaired) electrons. The van der Waals surface area contributed by atoms with Crippen LogP contribution in [0.3, 0.4) is 0 Å². The van der Waals surface area contributed by atoms with Gasteiger partial charge in [-0.05, 0) is 57.2 Å². The average molecular weight is 442 g/mol. The van der Waals surface area contributed by atoms with Crippen molar-refractivity contribution in [2.24, 2.45) is 0 Å². The van der Waals surface area contributed by atoms with Gasteiger partial charge in [0.1, 0.15) is 5.60 Å². The van der Waals surface area contributed by atoms with Gasteiger partial charge >= 0.3 is 6.09 Å². The lowest BCUT2D eigenvalue weighted by atomic mass is 10.1. The molecule has 2 unspecified atom stereocenters. The van der Waals surface area contributed by atoms with Crippen molar-refractivity contribution in [3.8, 4) is 22.8 Å². The topological polar surface area (TPSA) is 72.9 Å². The van der Waals surface area contributed by atoms with E-state index in [0.29, 0.717) is 17.7 Å². The highest BCUT2D eigenvalue weighted by Crippen LogP contribution is 2.30. The van der Waals surface area contributed by atoms with Crippen molar-refractivity contribution in [1.82, 2.24) is 15.2 Å². The van der Waals surface area contributed by atoms with Gasteiger partial charge in [0.25, 0.3) is 5.88 Å². The molecule has 7 nitrogen and oxygen atoms in total. The van der Waals surface area contributed by atoms with E-state index < -0.39 is 5.60 Å². The number of methoxy groups -OCH3 is 2. The Kier molecular flexibility index (Phi) is 7.61. The number of aromatic nitrogens is 1. The number of benzene rings is 1. The van der Waals surface area contributed by atoms with Gasteiger partial charge in [-0.1, -0.05) is 24.3 Å². The van der Waals surface area contributed by atoms with Gasteiger partial charge in [-0.3, -0.25) is 0 Å². The van der Waals surface area contributed by atoms with E-state index in [2.05, 4.69) is 34.6 Å². The van der Waals surface area contributed by atoms with Crippen molar-refractivity contribution in [2.75, 3.05) is 21.3 Å². The van der Waals surface area contributed by atoms with E-state index in [0.717, 1.165) is 36.9 Å². The summed E-state index contributed by atoms with van der Waals surface area (Å²) in [6, 6.07) is 11.0. The van der Waals surface area contributed by atoms with Crippen LogP contribution in [0.1, 0.15) is 45.6 Å². The Hall–Kier alpha value is -2.80. The number of pyridine rings is 1. The van der Waals surface area contributed by atoms with Crippen LogP contribution in [-0.2, 0) is 11.3 Å². The molecule has 3 rings (SSSR count). The summed E-state index contributed by atoms with van der Waals surface area (Å²) in [6.45, 7) is 6.47. The van der Waals surface area contributed by atoms with E-state index in [1.165, 1.54) is 5.56 Å². The van der Waals surface area contributed by atoms with Crippen LogP contribution in [0.5, 0.6) is 11.6 Å². The summed E-state index contributed by atoms with van der Waals surface area (Å²) in [5, 5.41) is 3.63. The number of carbonyl (C=O) groups excluding carboxylic acids is 1. The second-order valence-corrected chi connectivity index (χ2v) is 9.27. The molecule has 0 saturated heterocycles. The number of rotatable bonds is 7. The highest BCUT2D eigenvalue weighted by atomic mass is 16.6. The van der Waals surface area contributed by atoms with Crippen LogP contribution in [0.2, 0.25) is 0 Å². The number of ether oxygens (including phenoxy) is 3. The normalized spacial score (nSPS) is 18.3. The molecule has 7 heteroatoms. The molecule has 1 N–H and O–H groups in total. The summed E-state index contributed by atoms with van der Waals surface area (Å²) < 4.78 is 16.1. The Morgan fingerprint density at radius 3 is 2.47 bits per heavy atom. The Labute approximate surface area is 191 Å². The first-order chi connectivity index (χ1) is 15.2. The molecule has 2 aromatic rings. The number of hydrogen-bond acceptors (Lipinski definition) is 6. The SMILES string of the molecule is COc1cc(-c2ccc(CNC3CCC(N(C)C(=O)OC(C)(C)C)C3)cc2)cnc1OC. The van der Waals surface area contributed by atoms with E-state index in [4.69, 9.17) is 14.2 Å². The number of hydrogen-bond donors (Lipinski definition) is 1. The predicted molar refractivity (Wildman–Crippen MR) is 125 cm³/mol. The number of amides is 1. The van der Waals surface area contributed by atoms with Crippen molar-refractivity contribution in [2.45, 2.75) is 64.3 Å². The minimum Gasteiger partial charge on any atom is -0.491 e. The Bertz CT molecular complexity index is 908. The molecule has 0 bridgehead atoms. The quantitative estimate of drug-likeness (QED) is 0.675. The lowest BCUT2D eigenvalue weighted by Gasteiger charge is -2.28. The lowest BCUT2D eigenvalue weighted by Crippen LogP contribution is -2.40. The summed E-state index contributed by atoms with van der Waals surface area (Å²) >= 11 is 0. The molecule has 1 fully saturated rings. The zero-order chi connectivity index (χ0) is 23.3. The first kappa shape index (κ1) is 23.9. The fraction of sp³-hybridized carbons (Fsp3) is 0.520. The minimum absolute atomic E-state index is 0.210. The van der Waals surface area contributed by atoms with Gasteiger partial charge in [0.15, 0.2) is 5.75 Å². The third-order valence-electron chi connectivity index (χ3n) is 5.75. The fourth-order valence-corrected chi connectivity index (χ4v) is 3.94. The molecule has 1 aromatic heterocycles. The molecule has 1 amide bonds. The van der Waals surface area contributed by atoms with Crippen molar-refractivity contribution in [3.63, 3.8) is 0 Å². The average Bonchev–Trinajstić information content (AvgIpc) is 3.25. The molecule has 0 aliphatic heterocycles. The summed E-state index contributed by atoms with van der Waals surface area (Å²) in [7, 11) is 5.02. The van der Waals surface area contributed by atoms with Crippen molar-refractivity contribution in [3.05, 3.63) is 42.1 Å². The molecule has 1 heterocycles. The molecule has 2 atom stereocenters. The molecule has 32 heavy (non-hydrogen) atoms. The molecule has 0 spiro atoms. The lowest BCUT2D eigenvalue weighted by molar-refractivity contribution is 0.0225. The molecule has 1 aromatic carbocycles. The Balaban J connectivity index is 1.52. The summed E-state index contributed by atoms with van der Waals surface area (Å²) in [4.78, 5) is 18.4. The zero-order valence-electron chi connectivity index (χ0n) is 20.0. The van der Waals surface area contributed by atoms with Crippen LogP contribution in [0, 0.1) is 0 Å². The molecular formula is C25H35N3O4. The van der Waals surface area contributed by atoms with Gasteiger partial charge in [0, 0.05) is 37.4 Å². The van der Waals surface area contributed by atoms with Crippen LogP contribution >= 0.6 is 0 Å². The van der Waals surface area contributed by atoms with E-state index in [-0.39, 0.29) is 12.1 Å². The van der Waals surface area contributed by atoms with Gasteiger partial charge in [-0.2, -0.15) is 0 Å². The Morgan fingerprint density at radius 1 is 1.12 bits per heavy atom. The van der Waals surface area contributed by atoms with Gasteiger partial charge in [-0.15, -0.1) is 0 Å². The fourth-order valence-electron chi connectivity index (χ4n) is 3.94. The van der Waals surface area contributed by atoms with Gasteiger partial charge in [0.05, 0.1) is 14.2 Å². The standard InChI is InChI=1S/C25H35N3O4/c1-25(2,3)32-24(29)28(4)21-12-11-20(14-21)26-15-17-7-9-18(10-8-17)19-13-22(30-5)23(31-6)27-16-19/h7-10,13,16,20-21,26H,11-12,14-15H2,1-6H3. The zero-order valence-corrected chi connectivity index (χ0v) is 20.0. The molecule has 1 saturated carbocycles. The van der Waals surface area contributed by atoms with E-state index >= 15 is 0 Å². The van der Waals surface area contributed by atoms with E-state index in [1.54, 1.807) is 25.3 Å². The minimum atomic E-state index is -0.471. The van der Waals surface area contributed by atoms with Gasteiger partial charge in [0.2, 0.25) is 0 Å². The van der Waals surface area contributed by atoms with Crippen molar-refractivity contribution >= 4 is 6.09 Å². The summed E-state index contributed by atoms with van der Waals surface area (Å²) in [5.74, 6) is 1.09. The van der Waals surface area contributed by atoms with Crippen LogP contribution in [0.15, 0.2) is 36.5 Å². The maximum atomic E-state index is 12.3. The summed E-state index contributed by atoms with van der Waals surface area (Å²) in [6.07, 6.45) is 4.51. The van der Waals surface area contributed by atoms with Crippen LogP contribution in [0.4, 0.5) is 4.79 Å². The number of nitrogens with zero attached hydrogens (tertiary/aromatic N) is 2. The van der Waals surface area contributed by atoms with Crippen molar-refractivity contribution < 1.29 is 19.0 Å². The maximum absolute atomic E-state index is 12.3.